The first-order chi connectivity index (χ1) is 31.0. The van der Waals surface area contributed by atoms with E-state index in [2.05, 4.69) is 106 Å². The van der Waals surface area contributed by atoms with Gasteiger partial charge in [0.15, 0.2) is 6.10 Å². The molecule has 6 nitrogen and oxygen atoms in total. The molecule has 0 heterocycles. The Labute approximate surface area is 388 Å². The molecule has 0 spiro atoms. The van der Waals surface area contributed by atoms with Crippen LogP contribution in [0.1, 0.15) is 239 Å². The highest BCUT2D eigenvalue weighted by atomic mass is 16.6. The average molecular weight is 877 g/mol. The Morgan fingerprint density at radius 1 is 0.333 bits per heavy atom. The minimum absolute atomic E-state index is 0.0850. The molecule has 6 heteroatoms. The van der Waals surface area contributed by atoms with Crippen LogP contribution < -0.4 is 0 Å². The number of rotatable bonds is 46. The number of carbonyl (C=O) groups excluding carboxylic acids is 3. The number of carbonyl (C=O) groups is 3. The quantitative estimate of drug-likeness (QED) is 0.0262. The second-order valence-corrected chi connectivity index (χ2v) is 17.1. The van der Waals surface area contributed by atoms with E-state index in [1.807, 2.05) is 0 Å². The van der Waals surface area contributed by atoms with E-state index in [-0.39, 0.29) is 31.1 Å². The average Bonchev–Trinajstić information content (AvgIpc) is 3.28. The molecule has 0 aromatic carbocycles. The molecule has 0 rings (SSSR count). The molecule has 0 aromatic heterocycles. The van der Waals surface area contributed by atoms with E-state index in [1.165, 1.54) is 70.6 Å². The summed E-state index contributed by atoms with van der Waals surface area (Å²) in [4.78, 5) is 37.7. The van der Waals surface area contributed by atoms with Gasteiger partial charge in [0.05, 0.1) is 0 Å². The van der Waals surface area contributed by atoms with Crippen molar-refractivity contribution in [1.29, 1.82) is 0 Å². The van der Waals surface area contributed by atoms with E-state index < -0.39 is 6.10 Å². The Balaban J connectivity index is 4.15. The van der Waals surface area contributed by atoms with Gasteiger partial charge in [0.25, 0.3) is 0 Å². The van der Waals surface area contributed by atoms with Crippen molar-refractivity contribution >= 4 is 17.9 Å². The van der Waals surface area contributed by atoms with Crippen molar-refractivity contribution in [2.75, 3.05) is 13.2 Å². The molecular formula is C57H96O6. The third-order valence-electron chi connectivity index (χ3n) is 10.9. The molecule has 0 saturated carbocycles. The van der Waals surface area contributed by atoms with E-state index >= 15 is 0 Å². The summed E-state index contributed by atoms with van der Waals surface area (Å²) in [6.45, 7) is 6.39. The van der Waals surface area contributed by atoms with E-state index in [1.54, 1.807) is 0 Å². The number of esters is 3. The van der Waals surface area contributed by atoms with E-state index in [4.69, 9.17) is 14.2 Å². The fourth-order valence-electron chi connectivity index (χ4n) is 6.97. The fraction of sp³-hybridized carbons (Fsp3) is 0.702. The Bertz CT molecular complexity index is 1240. The minimum Gasteiger partial charge on any atom is -0.462 e. The number of allylic oxidation sites excluding steroid dienone is 14. The van der Waals surface area contributed by atoms with Crippen molar-refractivity contribution in [3.05, 3.63) is 85.1 Å². The molecule has 0 fully saturated rings. The summed E-state index contributed by atoms with van der Waals surface area (Å²) in [7, 11) is 0. The Hall–Kier alpha value is -3.41. The summed E-state index contributed by atoms with van der Waals surface area (Å²) in [6.07, 6.45) is 66.0. The molecule has 0 aliphatic heterocycles. The second kappa shape index (κ2) is 51.2. The van der Waals surface area contributed by atoms with Gasteiger partial charge in [0, 0.05) is 19.3 Å². The topological polar surface area (TPSA) is 78.9 Å². The zero-order valence-electron chi connectivity index (χ0n) is 41.1. The van der Waals surface area contributed by atoms with Crippen LogP contribution in [0.4, 0.5) is 0 Å². The Morgan fingerprint density at radius 3 is 1.00 bits per heavy atom. The number of ether oxygens (including phenoxy) is 3. The van der Waals surface area contributed by atoms with Crippen LogP contribution in [-0.2, 0) is 28.6 Å². The van der Waals surface area contributed by atoms with Crippen LogP contribution in [0.5, 0.6) is 0 Å². The lowest BCUT2D eigenvalue weighted by molar-refractivity contribution is -0.167. The highest BCUT2D eigenvalue weighted by Crippen LogP contribution is 2.14. The maximum atomic E-state index is 12.7. The highest BCUT2D eigenvalue weighted by molar-refractivity contribution is 5.71. The SMILES string of the molecule is CC/C=C\C/C=C\C/C=C\C/C=C\C/C=C\CCCCCCCCCCCC(=O)OCC(COC(=O)CCCCCCC)OC(=O)CCCCCCC/C=C\C/C=C\CCCCC. The number of hydrogen-bond donors (Lipinski definition) is 0. The normalized spacial score (nSPS) is 12.7. The van der Waals surface area contributed by atoms with Crippen LogP contribution in [0.2, 0.25) is 0 Å². The lowest BCUT2D eigenvalue weighted by Gasteiger charge is -2.18. The van der Waals surface area contributed by atoms with Crippen LogP contribution >= 0.6 is 0 Å². The molecule has 1 atom stereocenters. The van der Waals surface area contributed by atoms with Crippen molar-refractivity contribution in [3.63, 3.8) is 0 Å². The third-order valence-corrected chi connectivity index (χ3v) is 10.9. The summed E-state index contributed by atoms with van der Waals surface area (Å²) in [5, 5.41) is 0. The van der Waals surface area contributed by atoms with Gasteiger partial charge in [-0.2, -0.15) is 0 Å². The molecule has 0 amide bonds. The molecule has 1 unspecified atom stereocenters. The van der Waals surface area contributed by atoms with Gasteiger partial charge in [-0.1, -0.05) is 209 Å². The van der Waals surface area contributed by atoms with Crippen LogP contribution in [0.25, 0.3) is 0 Å². The van der Waals surface area contributed by atoms with Gasteiger partial charge >= 0.3 is 17.9 Å². The van der Waals surface area contributed by atoms with Gasteiger partial charge < -0.3 is 14.2 Å². The van der Waals surface area contributed by atoms with Crippen LogP contribution in [-0.4, -0.2) is 37.2 Å². The molecule has 0 aliphatic carbocycles. The van der Waals surface area contributed by atoms with Crippen molar-refractivity contribution in [1.82, 2.24) is 0 Å². The van der Waals surface area contributed by atoms with Crippen molar-refractivity contribution in [2.24, 2.45) is 0 Å². The zero-order chi connectivity index (χ0) is 45.8. The smallest absolute Gasteiger partial charge is 0.306 e. The van der Waals surface area contributed by atoms with Crippen molar-refractivity contribution in [2.45, 2.75) is 245 Å². The first-order valence-corrected chi connectivity index (χ1v) is 26.1. The van der Waals surface area contributed by atoms with E-state index in [9.17, 15) is 14.4 Å². The maximum absolute atomic E-state index is 12.7. The molecule has 0 aliphatic rings. The number of hydrogen-bond acceptors (Lipinski definition) is 6. The minimum atomic E-state index is -0.782. The summed E-state index contributed by atoms with van der Waals surface area (Å²) < 4.78 is 16.7. The molecule has 63 heavy (non-hydrogen) atoms. The standard InChI is InChI=1S/C57H96O6/c1-4-7-10-13-15-17-19-21-23-24-25-26-27-28-29-30-31-32-34-35-37-39-41-44-47-50-56(59)62-53-54(52-61-55(58)49-46-43-12-9-6-3)63-57(60)51-48-45-42-40-38-36-33-22-20-18-16-14-11-8-5-2/h7,10,15-18,21-23,25-26,28-29,33,54H,4-6,8-9,11-14,19-20,24,27,30-32,34-53H2,1-3H3/b10-7-,17-15-,18-16-,23-21-,26-25-,29-28-,33-22-. The van der Waals surface area contributed by atoms with Gasteiger partial charge in [-0.3, -0.25) is 14.4 Å². The number of unbranched alkanes of at least 4 members (excludes halogenated alkanes) is 21. The Morgan fingerprint density at radius 2 is 0.619 bits per heavy atom. The summed E-state index contributed by atoms with van der Waals surface area (Å²) in [5.74, 6) is -0.920. The molecular weight excluding hydrogens is 781 g/mol. The van der Waals surface area contributed by atoms with Gasteiger partial charge in [0.2, 0.25) is 0 Å². The predicted molar refractivity (Wildman–Crippen MR) is 270 cm³/mol. The summed E-state index contributed by atoms with van der Waals surface area (Å²) in [6, 6.07) is 0. The lowest BCUT2D eigenvalue weighted by Crippen LogP contribution is -2.30. The van der Waals surface area contributed by atoms with Crippen LogP contribution in [0, 0.1) is 0 Å². The maximum Gasteiger partial charge on any atom is 0.306 e. The molecule has 0 N–H and O–H groups in total. The molecule has 0 saturated heterocycles. The van der Waals surface area contributed by atoms with E-state index in [0.29, 0.717) is 19.3 Å². The summed E-state index contributed by atoms with van der Waals surface area (Å²) in [5.41, 5.74) is 0. The third kappa shape index (κ3) is 49.5. The highest BCUT2D eigenvalue weighted by Gasteiger charge is 2.19. The van der Waals surface area contributed by atoms with E-state index in [0.717, 1.165) is 128 Å². The van der Waals surface area contributed by atoms with Crippen molar-refractivity contribution < 1.29 is 28.6 Å². The molecule has 0 aromatic rings. The lowest BCUT2D eigenvalue weighted by atomic mass is 10.1. The van der Waals surface area contributed by atoms with Crippen LogP contribution in [0.3, 0.4) is 0 Å². The Kier molecular flexibility index (Phi) is 48.5. The zero-order valence-corrected chi connectivity index (χ0v) is 41.1. The largest absolute Gasteiger partial charge is 0.462 e. The van der Waals surface area contributed by atoms with Crippen molar-refractivity contribution in [3.8, 4) is 0 Å². The second-order valence-electron chi connectivity index (χ2n) is 17.1. The van der Waals surface area contributed by atoms with Gasteiger partial charge in [-0.15, -0.1) is 0 Å². The monoisotopic (exact) mass is 877 g/mol. The molecule has 0 bridgehead atoms. The van der Waals surface area contributed by atoms with Crippen LogP contribution in [0.15, 0.2) is 85.1 Å². The fourth-order valence-corrected chi connectivity index (χ4v) is 6.97. The summed E-state index contributed by atoms with van der Waals surface area (Å²) >= 11 is 0. The molecule has 0 radical (unpaired) electrons. The first kappa shape index (κ1) is 59.6. The van der Waals surface area contributed by atoms with Gasteiger partial charge in [-0.25, -0.2) is 0 Å². The van der Waals surface area contributed by atoms with Gasteiger partial charge in [-0.05, 0) is 96.3 Å². The van der Waals surface area contributed by atoms with Gasteiger partial charge in [0.1, 0.15) is 13.2 Å². The first-order valence-electron chi connectivity index (χ1n) is 26.1. The molecule has 360 valence electrons. The predicted octanol–water partition coefficient (Wildman–Crippen LogP) is 17.2.